The highest BCUT2D eigenvalue weighted by Gasteiger charge is 2.24. The van der Waals surface area contributed by atoms with Crippen LogP contribution in [0.2, 0.25) is 0 Å². The van der Waals surface area contributed by atoms with E-state index >= 15 is 0 Å². The molecule has 0 radical (unpaired) electrons. The second kappa shape index (κ2) is 11.3. The topological polar surface area (TPSA) is 76.5 Å². The molecule has 0 fully saturated rings. The molecule has 5 rings (SSSR count). The van der Waals surface area contributed by atoms with E-state index in [-0.39, 0.29) is 18.4 Å². The summed E-state index contributed by atoms with van der Waals surface area (Å²) in [4.78, 5) is 32.6. The number of amides is 2. The maximum absolute atomic E-state index is 13.5. The Morgan fingerprint density at radius 1 is 1.00 bits per heavy atom. The maximum atomic E-state index is 13.5. The Morgan fingerprint density at radius 2 is 1.78 bits per heavy atom. The fourth-order valence-corrected chi connectivity index (χ4v) is 4.97. The molecule has 1 aromatic heterocycles. The normalized spacial score (nSPS) is 12.8. The van der Waals surface area contributed by atoms with Crippen LogP contribution in [0.5, 0.6) is 5.75 Å². The third-order valence-electron chi connectivity index (χ3n) is 6.86. The molecule has 0 atom stereocenters. The average Bonchev–Trinajstić information content (AvgIpc) is 3.28. The Morgan fingerprint density at radius 3 is 2.62 bits per heavy atom. The minimum absolute atomic E-state index is 0.0161. The molecule has 4 aromatic rings. The number of aryl methyl sites for hydroxylation is 2. The van der Waals surface area contributed by atoms with Gasteiger partial charge < -0.3 is 19.5 Å². The quantitative estimate of drug-likeness (QED) is 0.350. The van der Waals surface area contributed by atoms with E-state index in [9.17, 15) is 9.59 Å². The molecule has 0 saturated heterocycles. The molecule has 0 bridgehead atoms. The van der Waals surface area contributed by atoms with Crippen molar-refractivity contribution in [3.05, 3.63) is 89.7 Å². The Bertz CT molecular complexity index is 1390. The van der Waals surface area contributed by atoms with Crippen LogP contribution in [0, 0.1) is 0 Å². The van der Waals surface area contributed by atoms with Crippen molar-refractivity contribution in [3.63, 3.8) is 0 Å². The van der Waals surface area contributed by atoms with E-state index in [0.29, 0.717) is 19.4 Å². The highest BCUT2D eigenvalue weighted by molar-refractivity contribution is 5.95. The van der Waals surface area contributed by atoms with E-state index in [1.165, 1.54) is 5.56 Å². The lowest BCUT2D eigenvalue weighted by atomic mass is 10.0. The van der Waals surface area contributed by atoms with E-state index < -0.39 is 0 Å². The summed E-state index contributed by atoms with van der Waals surface area (Å²) in [6.07, 6.45) is 3.70. The molecule has 1 aliphatic heterocycles. The van der Waals surface area contributed by atoms with Crippen LogP contribution < -0.4 is 15.0 Å². The lowest BCUT2D eigenvalue weighted by molar-refractivity contribution is -0.120. The molecule has 190 valence electrons. The third-order valence-corrected chi connectivity index (χ3v) is 6.86. The molecule has 2 amide bonds. The monoisotopic (exact) mass is 496 g/mol. The van der Waals surface area contributed by atoms with Crippen molar-refractivity contribution in [2.45, 2.75) is 38.6 Å². The highest BCUT2D eigenvalue weighted by atomic mass is 16.5. The fourth-order valence-electron chi connectivity index (χ4n) is 4.97. The van der Waals surface area contributed by atoms with Gasteiger partial charge in [-0.1, -0.05) is 42.5 Å². The predicted molar refractivity (Wildman–Crippen MR) is 145 cm³/mol. The minimum Gasteiger partial charge on any atom is -0.497 e. The number of fused-ring (bicyclic) bond motifs is 2. The summed E-state index contributed by atoms with van der Waals surface area (Å²) in [5, 5.41) is 3.00. The number of aromatic nitrogens is 2. The molecule has 7 heteroatoms. The van der Waals surface area contributed by atoms with Crippen molar-refractivity contribution < 1.29 is 14.3 Å². The largest absolute Gasteiger partial charge is 0.497 e. The summed E-state index contributed by atoms with van der Waals surface area (Å²) in [5.41, 5.74) is 5.03. The van der Waals surface area contributed by atoms with Gasteiger partial charge in [0.15, 0.2) is 0 Å². The number of methoxy groups -OCH3 is 1. The number of nitrogens with one attached hydrogen (secondary N) is 1. The number of imidazole rings is 1. The summed E-state index contributed by atoms with van der Waals surface area (Å²) in [5.74, 6) is 1.70. The summed E-state index contributed by atoms with van der Waals surface area (Å²) in [6.45, 7) is 1.53. The standard InChI is InChI=1S/C30H32N4O3/c1-37-24-16-14-22(15-17-24)20-29(35)31-18-6-13-28-32-25-10-3-5-12-27(25)34(28)21-30(36)33-19-7-9-23-8-2-4-11-26(23)33/h2-5,8,10-12,14-17H,6-7,9,13,18-21H2,1H3,(H,31,35). The summed E-state index contributed by atoms with van der Waals surface area (Å²) in [6, 6.07) is 23.6. The van der Waals surface area contributed by atoms with Crippen molar-refractivity contribution >= 4 is 28.5 Å². The number of hydrogen-bond acceptors (Lipinski definition) is 4. The summed E-state index contributed by atoms with van der Waals surface area (Å²) >= 11 is 0. The van der Waals surface area contributed by atoms with Gasteiger partial charge in [-0.15, -0.1) is 0 Å². The van der Waals surface area contributed by atoms with Gasteiger partial charge in [0.05, 0.1) is 24.6 Å². The Hall–Kier alpha value is -4.13. The molecule has 1 aliphatic rings. The summed E-state index contributed by atoms with van der Waals surface area (Å²) in [7, 11) is 1.62. The van der Waals surface area contributed by atoms with Gasteiger partial charge in [-0.25, -0.2) is 4.98 Å². The van der Waals surface area contributed by atoms with Crippen LogP contribution in [0.25, 0.3) is 11.0 Å². The smallest absolute Gasteiger partial charge is 0.246 e. The second-order valence-corrected chi connectivity index (χ2v) is 9.36. The SMILES string of the molecule is COc1ccc(CC(=O)NCCCc2nc3ccccc3n2CC(=O)N2CCCc3ccccc32)cc1. The van der Waals surface area contributed by atoms with Crippen LogP contribution in [0.15, 0.2) is 72.8 Å². The second-order valence-electron chi connectivity index (χ2n) is 9.36. The van der Waals surface area contributed by atoms with Gasteiger partial charge in [0.1, 0.15) is 18.1 Å². The lowest BCUT2D eigenvalue weighted by Gasteiger charge is -2.29. The van der Waals surface area contributed by atoms with Crippen LogP contribution in [0.1, 0.15) is 29.8 Å². The molecule has 2 heterocycles. The van der Waals surface area contributed by atoms with Gasteiger partial charge in [-0.05, 0) is 60.7 Å². The lowest BCUT2D eigenvalue weighted by Crippen LogP contribution is -2.38. The van der Waals surface area contributed by atoms with Gasteiger partial charge >= 0.3 is 0 Å². The van der Waals surface area contributed by atoms with Crippen molar-refractivity contribution in [3.8, 4) is 5.75 Å². The van der Waals surface area contributed by atoms with Gasteiger partial charge in [-0.3, -0.25) is 9.59 Å². The number of hydrogen-bond donors (Lipinski definition) is 1. The van der Waals surface area contributed by atoms with E-state index in [2.05, 4.69) is 11.4 Å². The van der Waals surface area contributed by atoms with Crippen LogP contribution >= 0.6 is 0 Å². The van der Waals surface area contributed by atoms with Gasteiger partial charge in [0.2, 0.25) is 11.8 Å². The molecule has 0 unspecified atom stereocenters. The molecule has 7 nitrogen and oxygen atoms in total. The van der Waals surface area contributed by atoms with Crippen LogP contribution in [-0.4, -0.2) is 41.6 Å². The molecule has 3 aromatic carbocycles. The molecular formula is C30H32N4O3. The first-order valence-corrected chi connectivity index (χ1v) is 12.8. The number of ether oxygens (including phenoxy) is 1. The highest BCUT2D eigenvalue weighted by Crippen LogP contribution is 2.27. The molecule has 0 saturated carbocycles. The fraction of sp³-hybridized carbons (Fsp3) is 0.300. The number of benzene rings is 3. The predicted octanol–water partition coefficient (Wildman–Crippen LogP) is 4.32. The number of para-hydroxylation sites is 3. The van der Waals surface area contributed by atoms with Crippen LogP contribution in [0.4, 0.5) is 5.69 Å². The zero-order valence-electron chi connectivity index (χ0n) is 21.2. The maximum Gasteiger partial charge on any atom is 0.246 e. The van der Waals surface area contributed by atoms with Crippen LogP contribution in [-0.2, 0) is 35.4 Å². The number of rotatable bonds is 9. The number of anilines is 1. The molecule has 0 spiro atoms. The summed E-state index contributed by atoms with van der Waals surface area (Å²) < 4.78 is 7.20. The first kappa shape index (κ1) is 24.6. The zero-order valence-corrected chi connectivity index (χ0v) is 21.2. The first-order chi connectivity index (χ1) is 18.1. The number of nitrogens with zero attached hydrogens (tertiary/aromatic N) is 3. The van der Waals surface area contributed by atoms with E-state index in [4.69, 9.17) is 9.72 Å². The van der Waals surface area contributed by atoms with Gasteiger partial charge in [0.25, 0.3) is 0 Å². The Kier molecular flexibility index (Phi) is 7.49. The number of carbonyl (C=O) groups excluding carboxylic acids is 2. The number of carbonyl (C=O) groups is 2. The van der Waals surface area contributed by atoms with Gasteiger partial charge in [-0.2, -0.15) is 0 Å². The van der Waals surface area contributed by atoms with E-state index in [1.54, 1.807) is 7.11 Å². The minimum atomic E-state index is -0.0161. The van der Waals surface area contributed by atoms with Crippen molar-refractivity contribution in [2.24, 2.45) is 0 Å². The van der Waals surface area contributed by atoms with E-state index in [0.717, 1.165) is 59.7 Å². The molecule has 37 heavy (non-hydrogen) atoms. The Labute approximate surface area is 217 Å². The molecule has 0 aliphatic carbocycles. The zero-order chi connectivity index (χ0) is 25.6. The van der Waals surface area contributed by atoms with Crippen LogP contribution in [0.3, 0.4) is 0 Å². The molecular weight excluding hydrogens is 464 g/mol. The van der Waals surface area contributed by atoms with Crippen molar-refractivity contribution in [1.82, 2.24) is 14.9 Å². The first-order valence-electron chi connectivity index (χ1n) is 12.8. The molecule has 1 N–H and O–H groups in total. The van der Waals surface area contributed by atoms with Crippen molar-refractivity contribution in [2.75, 3.05) is 25.1 Å². The Balaban J connectivity index is 1.22. The van der Waals surface area contributed by atoms with Crippen molar-refractivity contribution in [1.29, 1.82) is 0 Å². The third kappa shape index (κ3) is 5.66. The average molecular weight is 497 g/mol. The van der Waals surface area contributed by atoms with Gasteiger partial charge in [0, 0.05) is 25.2 Å². The van der Waals surface area contributed by atoms with E-state index in [1.807, 2.05) is 76.2 Å².